The van der Waals surface area contributed by atoms with E-state index in [9.17, 15) is 9.59 Å². The van der Waals surface area contributed by atoms with Crippen molar-refractivity contribution in [2.24, 2.45) is 11.7 Å². The highest BCUT2D eigenvalue weighted by molar-refractivity contribution is 5.98. The summed E-state index contributed by atoms with van der Waals surface area (Å²) in [6.45, 7) is 1.77. The molecule has 0 aromatic heterocycles. The quantitative estimate of drug-likeness (QED) is 0.817. The van der Waals surface area contributed by atoms with Crippen LogP contribution in [0.1, 0.15) is 23.2 Å². The number of carbonyl (C=O) groups is 2. The lowest BCUT2D eigenvalue weighted by Gasteiger charge is -2.30. The normalized spacial score (nSPS) is 16.9. The maximum absolute atomic E-state index is 12.4. The van der Waals surface area contributed by atoms with Crippen LogP contribution in [0.4, 0.5) is 0 Å². The van der Waals surface area contributed by atoms with E-state index in [0.717, 1.165) is 37.2 Å². The van der Waals surface area contributed by atoms with Gasteiger partial charge in [-0.3, -0.25) is 14.5 Å². The number of Topliss-reactive ketones (excluding diaryl/α,β-unsaturated/α-hetero) is 1. The van der Waals surface area contributed by atoms with Crippen molar-refractivity contribution in [2.75, 3.05) is 26.7 Å². The molecule has 1 amide bonds. The molecule has 1 aliphatic rings. The van der Waals surface area contributed by atoms with Crippen LogP contribution in [0, 0.1) is 5.92 Å². The van der Waals surface area contributed by atoms with Crippen molar-refractivity contribution in [3.8, 4) is 5.75 Å². The zero-order valence-electron chi connectivity index (χ0n) is 11.7. The maximum Gasteiger partial charge on any atom is 0.231 e. The lowest BCUT2D eigenvalue weighted by atomic mass is 9.89. The predicted molar refractivity (Wildman–Crippen MR) is 75.7 cm³/mol. The van der Waals surface area contributed by atoms with E-state index in [-0.39, 0.29) is 24.2 Å². The second-order valence-electron chi connectivity index (χ2n) is 5.11. The van der Waals surface area contributed by atoms with Crippen molar-refractivity contribution >= 4 is 11.7 Å². The molecule has 1 aromatic rings. The molecule has 108 valence electrons. The van der Waals surface area contributed by atoms with Gasteiger partial charge in [-0.25, -0.2) is 0 Å². The van der Waals surface area contributed by atoms with E-state index >= 15 is 0 Å². The number of hydrogen-bond acceptors (Lipinski definition) is 4. The molecule has 5 heteroatoms. The molecule has 1 saturated heterocycles. The molecular weight excluding hydrogens is 256 g/mol. The fourth-order valence-corrected chi connectivity index (χ4v) is 2.56. The average Bonchev–Trinajstić information content (AvgIpc) is 2.47. The summed E-state index contributed by atoms with van der Waals surface area (Å²) < 4.78 is 5.08. The molecule has 1 fully saturated rings. The highest BCUT2D eigenvalue weighted by Crippen LogP contribution is 2.22. The first-order valence-electron chi connectivity index (χ1n) is 6.79. The number of primary amides is 1. The molecule has 2 N–H and O–H groups in total. The monoisotopic (exact) mass is 276 g/mol. The zero-order chi connectivity index (χ0) is 14.5. The Bertz CT molecular complexity index is 476. The zero-order valence-corrected chi connectivity index (χ0v) is 11.7. The predicted octanol–water partition coefficient (Wildman–Crippen LogP) is 1.08. The number of methoxy groups -OCH3 is 1. The Kier molecular flexibility index (Phi) is 4.74. The number of nitrogens with two attached hydrogens (primary N) is 1. The van der Waals surface area contributed by atoms with Gasteiger partial charge in [0.05, 0.1) is 13.7 Å². The number of benzene rings is 1. The van der Waals surface area contributed by atoms with Crippen molar-refractivity contribution < 1.29 is 14.3 Å². The summed E-state index contributed by atoms with van der Waals surface area (Å²) >= 11 is 0. The molecule has 0 bridgehead atoms. The third kappa shape index (κ3) is 3.57. The Morgan fingerprint density at radius 1 is 1.25 bits per heavy atom. The molecule has 1 aliphatic heterocycles. The molecule has 0 atom stereocenters. The van der Waals surface area contributed by atoms with Crippen molar-refractivity contribution in [2.45, 2.75) is 12.8 Å². The molecule has 0 spiro atoms. The van der Waals surface area contributed by atoms with Crippen LogP contribution in [-0.4, -0.2) is 43.3 Å². The molecule has 0 saturated carbocycles. The highest BCUT2D eigenvalue weighted by Gasteiger charge is 2.26. The van der Waals surface area contributed by atoms with Gasteiger partial charge in [-0.05, 0) is 50.2 Å². The van der Waals surface area contributed by atoms with Crippen molar-refractivity contribution in [3.63, 3.8) is 0 Å². The van der Waals surface area contributed by atoms with Gasteiger partial charge in [0.1, 0.15) is 5.75 Å². The standard InChI is InChI=1S/C15H20N2O3/c1-20-13-4-2-11(3-5-13)15(19)12-6-8-17(9-7-12)10-14(16)18/h2-5,12H,6-10H2,1H3,(H2,16,18). The first-order chi connectivity index (χ1) is 9.60. The molecule has 2 rings (SSSR count). The molecule has 0 unspecified atom stereocenters. The van der Waals surface area contributed by atoms with Crippen LogP contribution >= 0.6 is 0 Å². The third-order valence-electron chi connectivity index (χ3n) is 3.71. The number of likely N-dealkylation sites (tertiary alicyclic amines) is 1. The van der Waals surface area contributed by atoms with E-state index in [1.807, 2.05) is 4.90 Å². The van der Waals surface area contributed by atoms with Gasteiger partial charge in [0.2, 0.25) is 5.91 Å². The summed E-state index contributed by atoms with van der Waals surface area (Å²) in [6.07, 6.45) is 1.55. The summed E-state index contributed by atoms with van der Waals surface area (Å²) in [7, 11) is 1.60. The Balaban J connectivity index is 1.92. The van der Waals surface area contributed by atoms with Crippen LogP contribution in [0.5, 0.6) is 5.75 Å². The number of piperidine rings is 1. The van der Waals surface area contributed by atoms with Crippen LogP contribution in [0.25, 0.3) is 0 Å². The van der Waals surface area contributed by atoms with E-state index in [0.29, 0.717) is 0 Å². The summed E-state index contributed by atoms with van der Waals surface area (Å²) in [4.78, 5) is 25.2. The molecule has 1 aromatic carbocycles. The number of amides is 1. The second-order valence-corrected chi connectivity index (χ2v) is 5.11. The largest absolute Gasteiger partial charge is 0.497 e. The first-order valence-corrected chi connectivity index (χ1v) is 6.79. The van der Waals surface area contributed by atoms with Gasteiger partial charge in [-0.2, -0.15) is 0 Å². The summed E-state index contributed by atoms with van der Waals surface area (Å²) in [6, 6.07) is 7.21. The van der Waals surface area contributed by atoms with E-state index in [2.05, 4.69) is 0 Å². The Hall–Kier alpha value is -1.88. The number of nitrogens with zero attached hydrogens (tertiary/aromatic N) is 1. The van der Waals surface area contributed by atoms with Gasteiger partial charge >= 0.3 is 0 Å². The van der Waals surface area contributed by atoms with Gasteiger partial charge in [0.25, 0.3) is 0 Å². The van der Waals surface area contributed by atoms with E-state index < -0.39 is 0 Å². The van der Waals surface area contributed by atoms with Gasteiger partial charge in [-0.1, -0.05) is 0 Å². The van der Waals surface area contributed by atoms with Crippen LogP contribution < -0.4 is 10.5 Å². The SMILES string of the molecule is COc1ccc(C(=O)C2CCN(CC(N)=O)CC2)cc1. The van der Waals surface area contributed by atoms with Gasteiger partial charge in [0, 0.05) is 11.5 Å². The van der Waals surface area contributed by atoms with Crippen LogP contribution in [-0.2, 0) is 4.79 Å². The highest BCUT2D eigenvalue weighted by atomic mass is 16.5. The molecule has 1 heterocycles. The molecule has 0 radical (unpaired) electrons. The maximum atomic E-state index is 12.4. The van der Waals surface area contributed by atoms with E-state index in [4.69, 9.17) is 10.5 Å². The van der Waals surface area contributed by atoms with Crippen LogP contribution in [0.2, 0.25) is 0 Å². The van der Waals surface area contributed by atoms with Crippen molar-refractivity contribution in [1.82, 2.24) is 4.90 Å². The summed E-state index contributed by atoms with van der Waals surface area (Å²) in [5.74, 6) is 0.640. The lowest BCUT2D eigenvalue weighted by Crippen LogP contribution is -2.41. The Labute approximate surface area is 118 Å². The first kappa shape index (κ1) is 14.5. The molecule has 5 nitrogen and oxygen atoms in total. The Morgan fingerprint density at radius 3 is 2.35 bits per heavy atom. The van der Waals surface area contributed by atoms with Crippen molar-refractivity contribution in [1.29, 1.82) is 0 Å². The number of carbonyl (C=O) groups excluding carboxylic acids is 2. The van der Waals surface area contributed by atoms with Gasteiger partial charge < -0.3 is 10.5 Å². The number of ketones is 1. The summed E-state index contributed by atoms with van der Waals surface area (Å²) in [5, 5.41) is 0. The Morgan fingerprint density at radius 2 is 1.85 bits per heavy atom. The number of hydrogen-bond donors (Lipinski definition) is 1. The van der Waals surface area contributed by atoms with Crippen LogP contribution in [0.15, 0.2) is 24.3 Å². The molecule has 0 aliphatic carbocycles. The topological polar surface area (TPSA) is 72.6 Å². The minimum absolute atomic E-state index is 0.0347. The second kappa shape index (κ2) is 6.52. The van der Waals surface area contributed by atoms with Gasteiger partial charge in [0.15, 0.2) is 5.78 Å². The molecule has 20 heavy (non-hydrogen) atoms. The minimum Gasteiger partial charge on any atom is -0.497 e. The third-order valence-corrected chi connectivity index (χ3v) is 3.71. The van der Waals surface area contributed by atoms with Gasteiger partial charge in [-0.15, -0.1) is 0 Å². The van der Waals surface area contributed by atoms with Crippen LogP contribution in [0.3, 0.4) is 0 Å². The summed E-state index contributed by atoms with van der Waals surface area (Å²) in [5.41, 5.74) is 5.90. The van der Waals surface area contributed by atoms with Crippen molar-refractivity contribution in [3.05, 3.63) is 29.8 Å². The van der Waals surface area contributed by atoms with E-state index in [1.54, 1.807) is 31.4 Å². The van der Waals surface area contributed by atoms with E-state index in [1.165, 1.54) is 0 Å². The molecular formula is C15H20N2O3. The average molecular weight is 276 g/mol. The number of ether oxygens (including phenoxy) is 1. The minimum atomic E-state index is -0.315. The smallest absolute Gasteiger partial charge is 0.231 e. The number of rotatable bonds is 5. The lowest BCUT2D eigenvalue weighted by molar-refractivity contribution is -0.119. The fourth-order valence-electron chi connectivity index (χ4n) is 2.56. The fraction of sp³-hybridized carbons (Fsp3) is 0.467.